The van der Waals surface area contributed by atoms with Gasteiger partial charge in [0.1, 0.15) is 0 Å². The highest BCUT2D eigenvalue weighted by atomic mass is 32.2. The number of sulfone groups is 1. The number of benzene rings is 2. The van der Waals surface area contributed by atoms with Crippen molar-refractivity contribution >= 4 is 9.84 Å². The molecule has 2 aromatic rings. The van der Waals surface area contributed by atoms with Crippen molar-refractivity contribution in [1.82, 2.24) is 0 Å². The van der Waals surface area contributed by atoms with E-state index in [4.69, 9.17) is 5.73 Å². The maximum Gasteiger partial charge on any atom is 0.178 e. The highest BCUT2D eigenvalue weighted by molar-refractivity contribution is 7.91. The Bertz CT molecular complexity index is 605. The molecule has 0 aromatic heterocycles. The molecule has 4 heteroatoms. The second kappa shape index (κ2) is 7.82. The number of rotatable bonds is 3. The Morgan fingerprint density at radius 2 is 1.50 bits per heavy atom. The first-order valence-electron chi connectivity index (χ1n) is 6.53. The summed E-state index contributed by atoms with van der Waals surface area (Å²) in [5.74, 6) is 0.134. The molecule has 0 radical (unpaired) electrons. The number of hydrogen-bond donors (Lipinski definition) is 1. The van der Waals surface area contributed by atoms with Gasteiger partial charge in [-0.2, -0.15) is 0 Å². The van der Waals surface area contributed by atoms with Crippen LogP contribution < -0.4 is 5.73 Å². The van der Waals surface area contributed by atoms with Crippen LogP contribution in [0, 0.1) is 6.92 Å². The SMILES string of the molecule is CCS(=O)(=O)c1ccc(CN)cc1.Cc1ccccc1. The van der Waals surface area contributed by atoms with E-state index in [9.17, 15) is 8.42 Å². The van der Waals surface area contributed by atoms with Crippen molar-refractivity contribution in [3.05, 3.63) is 65.7 Å². The summed E-state index contributed by atoms with van der Waals surface area (Å²) in [7, 11) is -3.06. The van der Waals surface area contributed by atoms with Crippen molar-refractivity contribution < 1.29 is 8.42 Å². The molecule has 20 heavy (non-hydrogen) atoms. The second-order valence-electron chi connectivity index (χ2n) is 4.41. The van der Waals surface area contributed by atoms with Gasteiger partial charge in [-0.1, -0.05) is 55.0 Å². The molecule has 2 rings (SSSR count). The van der Waals surface area contributed by atoms with Gasteiger partial charge in [0.15, 0.2) is 9.84 Å². The molecule has 0 fully saturated rings. The smallest absolute Gasteiger partial charge is 0.178 e. The zero-order valence-corrected chi connectivity index (χ0v) is 12.7. The molecule has 0 spiro atoms. The molecule has 108 valence electrons. The minimum absolute atomic E-state index is 0.134. The summed E-state index contributed by atoms with van der Waals surface area (Å²) in [4.78, 5) is 0.368. The van der Waals surface area contributed by atoms with Crippen LogP contribution in [0.1, 0.15) is 18.1 Å². The van der Waals surface area contributed by atoms with E-state index in [1.807, 2.05) is 18.2 Å². The number of hydrogen-bond acceptors (Lipinski definition) is 3. The summed E-state index contributed by atoms with van der Waals surface area (Å²) in [5, 5.41) is 0. The molecule has 0 heterocycles. The quantitative estimate of drug-likeness (QED) is 0.946. The lowest BCUT2D eigenvalue weighted by Crippen LogP contribution is -2.04. The summed E-state index contributed by atoms with van der Waals surface area (Å²) in [5.41, 5.74) is 7.65. The number of nitrogens with two attached hydrogens (primary N) is 1. The monoisotopic (exact) mass is 291 g/mol. The number of aryl methyl sites for hydroxylation is 1. The van der Waals surface area contributed by atoms with Crippen molar-refractivity contribution in [2.24, 2.45) is 5.73 Å². The second-order valence-corrected chi connectivity index (χ2v) is 6.68. The Morgan fingerprint density at radius 3 is 1.85 bits per heavy atom. The van der Waals surface area contributed by atoms with Gasteiger partial charge in [-0.3, -0.25) is 0 Å². The largest absolute Gasteiger partial charge is 0.326 e. The minimum atomic E-state index is -3.06. The van der Waals surface area contributed by atoms with Crippen molar-refractivity contribution in [2.45, 2.75) is 25.3 Å². The van der Waals surface area contributed by atoms with E-state index in [2.05, 4.69) is 19.1 Å². The predicted octanol–water partition coefficient (Wildman–Crippen LogP) is 2.93. The van der Waals surface area contributed by atoms with Crippen LogP contribution in [-0.2, 0) is 16.4 Å². The molecule has 0 aliphatic carbocycles. The Hall–Kier alpha value is -1.65. The van der Waals surface area contributed by atoms with Crippen molar-refractivity contribution in [2.75, 3.05) is 5.75 Å². The zero-order valence-electron chi connectivity index (χ0n) is 11.9. The van der Waals surface area contributed by atoms with Gasteiger partial charge in [-0.15, -0.1) is 0 Å². The highest BCUT2D eigenvalue weighted by Crippen LogP contribution is 2.11. The molecule has 0 aliphatic heterocycles. The first kappa shape index (κ1) is 16.4. The third-order valence-corrected chi connectivity index (χ3v) is 4.59. The molecule has 3 nitrogen and oxygen atoms in total. The van der Waals surface area contributed by atoms with Crippen LogP contribution >= 0.6 is 0 Å². The summed E-state index contributed by atoms with van der Waals surface area (Å²) in [6.07, 6.45) is 0. The fourth-order valence-electron chi connectivity index (χ4n) is 1.53. The van der Waals surface area contributed by atoms with Gasteiger partial charge in [-0.25, -0.2) is 8.42 Å². The summed E-state index contributed by atoms with van der Waals surface area (Å²) < 4.78 is 22.7. The van der Waals surface area contributed by atoms with Crippen molar-refractivity contribution in [3.8, 4) is 0 Å². The van der Waals surface area contributed by atoms with Gasteiger partial charge in [0.2, 0.25) is 0 Å². The molecular weight excluding hydrogens is 270 g/mol. The normalized spacial score (nSPS) is 10.6. The Balaban J connectivity index is 0.000000240. The van der Waals surface area contributed by atoms with Crippen LogP contribution in [0.5, 0.6) is 0 Å². The lowest BCUT2D eigenvalue weighted by atomic mass is 10.2. The van der Waals surface area contributed by atoms with E-state index < -0.39 is 9.84 Å². The third kappa shape index (κ3) is 5.15. The molecule has 0 unspecified atom stereocenters. The van der Waals surface area contributed by atoms with Gasteiger partial charge in [0, 0.05) is 6.54 Å². The van der Waals surface area contributed by atoms with Crippen LogP contribution in [-0.4, -0.2) is 14.2 Å². The summed E-state index contributed by atoms with van der Waals surface area (Å²) in [6, 6.07) is 16.9. The molecule has 0 aliphatic rings. The van der Waals surface area contributed by atoms with E-state index in [1.54, 1.807) is 31.2 Å². The van der Waals surface area contributed by atoms with E-state index in [0.29, 0.717) is 11.4 Å². The molecule has 0 saturated carbocycles. The summed E-state index contributed by atoms with van der Waals surface area (Å²) >= 11 is 0. The fourth-order valence-corrected chi connectivity index (χ4v) is 2.42. The minimum Gasteiger partial charge on any atom is -0.326 e. The van der Waals surface area contributed by atoms with E-state index in [1.165, 1.54) is 5.56 Å². The highest BCUT2D eigenvalue weighted by Gasteiger charge is 2.09. The lowest BCUT2D eigenvalue weighted by Gasteiger charge is -2.01. The molecule has 2 aromatic carbocycles. The van der Waals surface area contributed by atoms with E-state index in [-0.39, 0.29) is 5.75 Å². The van der Waals surface area contributed by atoms with Crippen LogP contribution in [0.25, 0.3) is 0 Å². The average Bonchev–Trinajstić information content (AvgIpc) is 2.49. The van der Waals surface area contributed by atoms with Gasteiger partial charge >= 0.3 is 0 Å². The van der Waals surface area contributed by atoms with E-state index >= 15 is 0 Å². The molecule has 0 amide bonds. The van der Waals surface area contributed by atoms with Crippen LogP contribution in [0.4, 0.5) is 0 Å². The van der Waals surface area contributed by atoms with Crippen LogP contribution in [0.2, 0.25) is 0 Å². The standard InChI is InChI=1S/C9H13NO2S.C7H8/c1-2-13(11,12)9-5-3-8(7-10)4-6-9;1-7-5-3-2-4-6-7/h3-6H,2,7,10H2,1H3;2-6H,1H3. The Morgan fingerprint density at radius 1 is 0.950 bits per heavy atom. The van der Waals surface area contributed by atoms with Gasteiger partial charge in [-0.05, 0) is 24.6 Å². The Kier molecular flexibility index (Phi) is 6.42. The summed E-state index contributed by atoms with van der Waals surface area (Å²) in [6.45, 7) is 4.15. The maximum atomic E-state index is 11.4. The zero-order chi connectivity index (χ0) is 15.0. The topological polar surface area (TPSA) is 60.2 Å². The van der Waals surface area contributed by atoms with Gasteiger partial charge in [0.25, 0.3) is 0 Å². The first-order valence-corrected chi connectivity index (χ1v) is 8.18. The first-order chi connectivity index (χ1) is 9.49. The lowest BCUT2D eigenvalue weighted by molar-refractivity contribution is 0.597. The van der Waals surface area contributed by atoms with Gasteiger partial charge in [0.05, 0.1) is 10.6 Å². The molecule has 0 atom stereocenters. The molecule has 0 saturated heterocycles. The Labute approximate surface area is 121 Å². The van der Waals surface area contributed by atoms with Crippen LogP contribution in [0.3, 0.4) is 0 Å². The molecule has 0 bridgehead atoms. The third-order valence-electron chi connectivity index (χ3n) is 2.84. The maximum absolute atomic E-state index is 11.4. The average molecular weight is 291 g/mol. The van der Waals surface area contributed by atoms with Crippen LogP contribution in [0.15, 0.2) is 59.5 Å². The van der Waals surface area contributed by atoms with E-state index in [0.717, 1.165) is 5.56 Å². The van der Waals surface area contributed by atoms with Crippen molar-refractivity contribution in [3.63, 3.8) is 0 Å². The van der Waals surface area contributed by atoms with Crippen molar-refractivity contribution in [1.29, 1.82) is 0 Å². The van der Waals surface area contributed by atoms with Gasteiger partial charge < -0.3 is 5.73 Å². The fraction of sp³-hybridized carbons (Fsp3) is 0.250. The molecular formula is C16H21NO2S. The molecule has 2 N–H and O–H groups in total. The predicted molar refractivity (Wildman–Crippen MR) is 83.2 cm³/mol.